The highest BCUT2D eigenvalue weighted by Gasteiger charge is 2.12. The number of hydrogen-bond donors (Lipinski definition) is 2. The van der Waals surface area contributed by atoms with Gasteiger partial charge in [-0.3, -0.25) is 9.59 Å². The fourth-order valence-corrected chi connectivity index (χ4v) is 3.18. The number of para-hydroxylation sites is 1. The fraction of sp³-hybridized carbons (Fsp3) is 0.400. The number of fused-ring (bicyclic) bond motifs is 1. The second kappa shape index (κ2) is 8.51. The molecule has 1 aliphatic rings. The summed E-state index contributed by atoms with van der Waals surface area (Å²) in [5, 5.41) is 3.81. The van der Waals surface area contributed by atoms with Crippen LogP contribution in [0.3, 0.4) is 0 Å². The lowest BCUT2D eigenvalue weighted by atomic mass is 9.97. The third-order valence-electron chi connectivity index (χ3n) is 4.53. The first-order valence-corrected chi connectivity index (χ1v) is 8.87. The molecule has 25 heavy (non-hydrogen) atoms. The Kier molecular flexibility index (Phi) is 5.88. The van der Waals surface area contributed by atoms with Gasteiger partial charge in [-0.05, 0) is 43.7 Å². The van der Waals surface area contributed by atoms with Gasteiger partial charge in [0.15, 0.2) is 6.61 Å². The third kappa shape index (κ3) is 4.95. The molecule has 0 aliphatic heterocycles. The molecule has 1 aliphatic carbocycles. The van der Waals surface area contributed by atoms with Crippen LogP contribution in [0.5, 0.6) is 0 Å². The molecule has 0 unspecified atom stereocenters. The van der Waals surface area contributed by atoms with E-state index in [1.165, 1.54) is 18.4 Å². The van der Waals surface area contributed by atoms with Crippen molar-refractivity contribution in [2.45, 2.75) is 38.5 Å². The predicted molar refractivity (Wildman–Crippen MR) is 97.1 cm³/mol. The Hall–Kier alpha value is -2.56. The van der Waals surface area contributed by atoms with Gasteiger partial charge in [0, 0.05) is 23.6 Å². The van der Waals surface area contributed by atoms with Gasteiger partial charge in [0.2, 0.25) is 0 Å². The summed E-state index contributed by atoms with van der Waals surface area (Å²) in [5.74, 6) is -0.640. The van der Waals surface area contributed by atoms with Crippen molar-refractivity contribution in [3.63, 3.8) is 0 Å². The van der Waals surface area contributed by atoms with E-state index in [0.717, 1.165) is 35.7 Å². The Morgan fingerprint density at radius 2 is 2.08 bits per heavy atom. The number of allylic oxidation sites excluding steroid dienone is 1. The molecule has 1 amide bonds. The number of H-pyrrole nitrogens is 1. The standard InChI is InChI=1S/C20H24N2O3/c23-19(21-11-10-15-6-2-1-3-7-15)14-25-20(24)12-16-13-22-18-9-5-4-8-17(16)18/h4-6,8-9,13,22H,1-3,7,10-12,14H2,(H,21,23). The van der Waals surface area contributed by atoms with Gasteiger partial charge < -0.3 is 15.0 Å². The fourth-order valence-electron chi connectivity index (χ4n) is 3.18. The Labute approximate surface area is 147 Å². The number of hydrogen-bond acceptors (Lipinski definition) is 3. The quantitative estimate of drug-likeness (QED) is 0.600. The van der Waals surface area contributed by atoms with Crippen LogP contribution in [0.1, 0.15) is 37.7 Å². The molecule has 0 fully saturated rings. The predicted octanol–water partition coefficient (Wildman–Crippen LogP) is 3.26. The smallest absolute Gasteiger partial charge is 0.310 e. The monoisotopic (exact) mass is 340 g/mol. The number of nitrogens with one attached hydrogen (secondary N) is 2. The van der Waals surface area contributed by atoms with E-state index in [0.29, 0.717) is 6.54 Å². The number of benzene rings is 1. The van der Waals surface area contributed by atoms with E-state index >= 15 is 0 Å². The highest BCUT2D eigenvalue weighted by atomic mass is 16.5. The van der Waals surface area contributed by atoms with Crippen molar-refractivity contribution in [1.82, 2.24) is 10.3 Å². The Morgan fingerprint density at radius 1 is 1.20 bits per heavy atom. The Morgan fingerprint density at radius 3 is 2.92 bits per heavy atom. The number of carbonyl (C=O) groups excluding carboxylic acids is 2. The van der Waals surface area contributed by atoms with E-state index in [2.05, 4.69) is 16.4 Å². The zero-order valence-corrected chi connectivity index (χ0v) is 14.3. The van der Waals surface area contributed by atoms with Crippen LogP contribution in [0.25, 0.3) is 10.9 Å². The molecule has 0 atom stereocenters. The topological polar surface area (TPSA) is 71.2 Å². The van der Waals surface area contributed by atoms with E-state index in [4.69, 9.17) is 4.74 Å². The summed E-state index contributed by atoms with van der Waals surface area (Å²) in [6.07, 6.45) is 9.91. The molecule has 132 valence electrons. The lowest BCUT2D eigenvalue weighted by Crippen LogP contribution is -2.30. The van der Waals surface area contributed by atoms with Crippen LogP contribution >= 0.6 is 0 Å². The van der Waals surface area contributed by atoms with Crippen LogP contribution in [0.15, 0.2) is 42.1 Å². The number of esters is 1. The second-order valence-electron chi connectivity index (χ2n) is 6.41. The van der Waals surface area contributed by atoms with Gasteiger partial charge in [-0.1, -0.05) is 29.8 Å². The number of rotatable bonds is 7. The van der Waals surface area contributed by atoms with E-state index in [-0.39, 0.29) is 18.9 Å². The van der Waals surface area contributed by atoms with Crippen LogP contribution in [-0.2, 0) is 20.7 Å². The molecule has 5 nitrogen and oxygen atoms in total. The Bertz CT molecular complexity index is 776. The minimum atomic E-state index is -0.394. The molecule has 1 heterocycles. The average molecular weight is 340 g/mol. The first-order chi connectivity index (χ1) is 12.2. The molecule has 1 aromatic carbocycles. The third-order valence-corrected chi connectivity index (χ3v) is 4.53. The molecule has 5 heteroatoms. The highest BCUT2D eigenvalue weighted by Crippen LogP contribution is 2.19. The van der Waals surface area contributed by atoms with Crippen molar-refractivity contribution < 1.29 is 14.3 Å². The lowest BCUT2D eigenvalue weighted by molar-refractivity contribution is -0.147. The molecule has 0 saturated carbocycles. The summed E-state index contributed by atoms with van der Waals surface area (Å²) in [4.78, 5) is 26.9. The molecule has 0 radical (unpaired) electrons. The van der Waals surface area contributed by atoms with Gasteiger partial charge >= 0.3 is 5.97 Å². The SMILES string of the molecule is O=C(COC(=O)Cc1c[nH]c2ccccc12)NCCC1=CCCCC1. The summed E-state index contributed by atoms with van der Waals surface area (Å²) in [7, 11) is 0. The van der Waals surface area contributed by atoms with Gasteiger partial charge in [-0.25, -0.2) is 0 Å². The van der Waals surface area contributed by atoms with E-state index in [1.54, 1.807) is 0 Å². The van der Waals surface area contributed by atoms with Gasteiger partial charge in [-0.15, -0.1) is 0 Å². The number of aromatic amines is 1. The van der Waals surface area contributed by atoms with Crippen molar-refractivity contribution in [1.29, 1.82) is 0 Å². The van der Waals surface area contributed by atoms with E-state index in [9.17, 15) is 9.59 Å². The number of aromatic nitrogens is 1. The number of carbonyl (C=O) groups is 2. The van der Waals surface area contributed by atoms with E-state index in [1.807, 2.05) is 30.5 Å². The maximum atomic E-state index is 12.0. The van der Waals surface area contributed by atoms with Crippen LogP contribution in [0, 0.1) is 0 Å². The van der Waals surface area contributed by atoms with Crippen LogP contribution in [0.2, 0.25) is 0 Å². The summed E-state index contributed by atoms with van der Waals surface area (Å²) in [6, 6.07) is 7.79. The van der Waals surface area contributed by atoms with Crippen molar-refractivity contribution >= 4 is 22.8 Å². The van der Waals surface area contributed by atoms with E-state index < -0.39 is 5.97 Å². The number of amides is 1. The van der Waals surface area contributed by atoms with Crippen LogP contribution < -0.4 is 5.32 Å². The maximum Gasteiger partial charge on any atom is 0.310 e. The largest absolute Gasteiger partial charge is 0.455 e. The van der Waals surface area contributed by atoms with Crippen LogP contribution in [-0.4, -0.2) is 30.0 Å². The maximum absolute atomic E-state index is 12.0. The normalized spacial score (nSPS) is 14.2. The van der Waals surface area contributed by atoms with Crippen molar-refractivity contribution in [3.05, 3.63) is 47.7 Å². The Balaban J connectivity index is 1.38. The highest BCUT2D eigenvalue weighted by molar-refractivity contribution is 5.88. The molecule has 0 bridgehead atoms. The van der Waals surface area contributed by atoms with Crippen molar-refractivity contribution in [3.8, 4) is 0 Å². The number of ether oxygens (including phenoxy) is 1. The van der Waals surface area contributed by atoms with Crippen LogP contribution in [0.4, 0.5) is 0 Å². The molecule has 2 aromatic rings. The van der Waals surface area contributed by atoms with Gasteiger partial charge in [-0.2, -0.15) is 0 Å². The first-order valence-electron chi connectivity index (χ1n) is 8.87. The molecule has 0 saturated heterocycles. The summed E-state index contributed by atoms with van der Waals surface area (Å²) in [5.41, 5.74) is 3.29. The summed E-state index contributed by atoms with van der Waals surface area (Å²) >= 11 is 0. The molecule has 2 N–H and O–H groups in total. The van der Waals surface area contributed by atoms with Crippen molar-refractivity contribution in [2.75, 3.05) is 13.2 Å². The average Bonchev–Trinajstić information content (AvgIpc) is 3.04. The van der Waals surface area contributed by atoms with Gasteiger partial charge in [0.05, 0.1) is 6.42 Å². The molecule has 0 spiro atoms. The minimum absolute atomic E-state index is 0.157. The zero-order valence-electron chi connectivity index (χ0n) is 14.3. The summed E-state index contributed by atoms with van der Waals surface area (Å²) < 4.78 is 5.09. The van der Waals surface area contributed by atoms with Gasteiger partial charge in [0.25, 0.3) is 5.91 Å². The molecular weight excluding hydrogens is 316 g/mol. The zero-order chi connectivity index (χ0) is 17.5. The molecule has 3 rings (SSSR count). The van der Waals surface area contributed by atoms with Gasteiger partial charge in [0.1, 0.15) is 0 Å². The molecule has 1 aromatic heterocycles. The molecular formula is C20H24N2O3. The first kappa shape index (κ1) is 17.3. The summed E-state index contributed by atoms with van der Waals surface area (Å²) in [6.45, 7) is 0.380. The lowest BCUT2D eigenvalue weighted by Gasteiger charge is -2.13. The second-order valence-corrected chi connectivity index (χ2v) is 6.41. The van der Waals surface area contributed by atoms with Crippen molar-refractivity contribution in [2.24, 2.45) is 0 Å². The minimum Gasteiger partial charge on any atom is -0.455 e.